The second kappa shape index (κ2) is 7.90. The Labute approximate surface area is 139 Å². The van der Waals surface area contributed by atoms with Crippen molar-refractivity contribution in [1.82, 2.24) is 5.32 Å². The molecule has 6 heteroatoms. The van der Waals surface area contributed by atoms with Gasteiger partial charge in [-0.2, -0.15) is 0 Å². The summed E-state index contributed by atoms with van der Waals surface area (Å²) in [6, 6.07) is 13.9. The van der Waals surface area contributed by atoms with Crippen molar-refractivity contribution in [3.63, 3.8) is 0 Å². The van der Waals surface area contributed by atoms with Crippen LogP contribution >= 0.6 is 0 Å². The van der Waals surface area contributed by atoms with E-state index < -0.39 is 11.9 Å². The van der Waals surface area contributed by atoms with Crippen LogP contribution in [0.1, 0.15) is 17.2 Å². The summed E-state index contributed by atoms with van der Waals surface area (Å²) in [6.07, 6.45) is -0.931. The van der Waals surface area contributed by atoms with Crippen LogP contribution in [0.25, 0.3) is 0 Å². The standard InChI is InChI=1S/C18H19FN2O3/c19-16-10-14(6-7-15(16)17-11-20-8-9-23-17)21-18(22)24-12-13-4-2-1-3-5-13/h1-7,10,17,20H,8-9,11-12H2,(H,21,22). The van der Waals surface area contributed by atoms with Crippen molar-refractivity contribution >= 4 is 11.8 Å². The van der Waals surface area contributed by atoms with Crippen LogP contribution < -0.4 is 10.6 Å². The van der Waals surface area contributed by atoms with Crippen molar-refractivity contribution in [2.75, 3.05) is 25.0 Å². The molecule has 1 heterocycles. The highest BCUT2D eigenvalue weighted by atomic mass is 19.1. The fourth-order valence-electron chi connectivity index (χ4n) is 2.51. The van der Waals surface area contributed by atoms with Crippen LogP contribution in [-0.4, -0.2) is 25.8 Å². The molecule has 1 aliphatic heterocycles. The van der Waals surface area contributed by atoms with Gasteiger partial charge in [-0.1, -0.05) is 36.4 Å². The monoisotopic (exact) mass is 330 g/mol. The average Bonchev–Trinajstić information content (AvgIpc) is 2.62. The molecule has 1 unspecified atom stereocenters. The molecule has 24 heavy (non-hydrogen) atoms. The molecule has 2 aromatic rings. The summed E-state index contributed by atoms with van der Waals surface area (Å²) in [5, 5.41) is 5.68. The number of hydrogen-bond acceptors (Lipinski definition) is 4. The lowest BCUT2D eigenvalue weighted by Gasteiger charge is -2.24. The van der Waals surface area contributed by atoms with Gasteiger partial charge < -0.3 is 14.8 Å². The van der Waals surface area contributed by atoms with Gasteiger partial charge in [0.1, 0.15) is 12.4 Å². The number of anilines is 1. The van der Waals surface area contributed by atoms with Crippen LogP contribution in [0, 0.1) is 5.82 Å². The maximum absolute atomic E-state index is 14.2. The number of hydrogen-bond donors (Lipinski definition) is 2. The van der Waals surface area contributed by atoms with Crippen molar-refractivity contribution in [2.45, 2.75) is 12.7 Å². The highest BCUT2D eigenvalue weighted by molar-refractivity contribution is 5.84. The van der Waals surface area contributed by atoms with E-state index in [1.807, 2.05) is 30.3 Å². The Kier molecular flexibility index (Phi) is 5.40. The van der Waals surface area contributed by atoms with Crippen LogP contribution in [0.2, 0.25) is 0 Å². The number of halogens is 1. The molecule has 3 rings (SSSR count). The number of carbonyl (C=O) groups excluding carboxylic acids is 1. The van der Waals surface area contributed by atoms with Gasteiger partial charge in [-0.05, 0) is 17.7 Å². The van der Waals surface area contributed by atoms with E-state index in [1.165, 1.54) is 6.07 Å². The molecule has 0 saturated carbocycles. The lowest BCUT2D eigenvalue weighted by molar-refractivity contribution is 0.0255. The van der Waals surface area contributed by atoms with Crippen molar-refractivity contribution in [3.05, 3.63) is 65.5 Å². The number of nitrogens with one attached hydrogen (secondary N) is 2. The van der Waals surface area contributed by atoms with Crippen molar-refractivity contribution in [2.24, 2.45) is 0 Å². The van der Waals surface area contributed by atoms with Gasteiger partial charge in [-0.3, -0.25) is 5.32 Å². The lowest BCUT2D eigenvalue weighted by Crippen LogP contribution is -2.33. The van der Waals surface area contributed by atoms with Gasteiger partial charge in [0.2, 0.25) is 0 Å². The molecule has 0 aromatic heterocycles. The average molecular weight is 330 g/mol. The van der Waals surface area contributed by atoms with Gasteiger partial charge >= 0.3 is 6.09 Å². The maximum Gasteiger partial charge on any atom is 0.411 e. The first-order valence-electron chi connectivity index (χ1n) is 7.82. The van der Waals surface area contributed by atoms with Crippen LogP contribution in [0.3, 0.4) is 0 Å². The Bertz CT molecular complexity index is 688. The SMILES string of the molecule is O=C(Nc1ccc(C2CNCCO2)c(F)c1)OCc1ccccc1. The van der Waals surface area contributed by atoms with Crippen molar-refractivity contribution in [3.8, 4) is 0 Å². The molecule has 2 N–H and O–H groups in total. The Hall–Kier alpha value is -2.44. The minimum atomic E-state index is -0.624. The summed E-state index contributed by atoms with van der Waals surface area (Å²) < 4.78 is 24.9. The van der Waals surface area contributed by atoms with E-state index in [0.717, 1.165) is 12.1 Å². The second-order valence-corrected chi connectivity index (χ2v) is 5.49. The van der Waals surface area contributed by atoms with E-state index in [4.69, 9.17) is 9.47 Å². The Balaban J connectivity index is 1.57. The Morgan fingerprint density at radius 3 is 2.83 bits per heavy atom. The third-order valence-electron chi connectivity index (χ3n) is 3.73. The number of morpholine rings is 1. The number of amides is 1. The van der Waals surface area contributed by atoms with Gasteiger partial charge in [0.25, 0.3) is 0 Å². The highest BCUT2D eigenvalue weighted by Gasteiger charge is 2.19. The highest BCUT2D eigenvalue weighted by Crippen LogP contribution is 2.24. The molecule has 2 aromatic carbocycles. The normalized spacial score (nSPS) is 17.3. The van der Waals surface area contributed by atoms with Crippen molar-refractivity contribution < 1.29 is 18.7 Å². The molecule has 0 radical (unpaired) electrons. The Morgan fingerprint density at radius 2 is 2.12 bits per heavy atom. The van der Waals surface area contributed by atoms with Gasteiger partial charge in [-0.25, -0.2) is 9.18 Å². The number of carbonyl (C=O) groups is 1. The molecule has 0 aliphatic carbocycles. The minimum absolute atomic E-state index is 0.162. The first-order chi connectivity index (χ1) is 11.7. The topological polar surface area (TPSA) is 59.6 Å². The molecular weight excluding hydrogens is 311 g/mol. The molecule has 1 aliphatic rings. The molecule has 0 spiro atoms. The molecule has 126 valence electrons. The molecule has 0 bridgehead atoms. The van der Waals surface area contributed by atoms with E-state index in [9.17, 15) is 9.18 Å². The zero-order chi connectivity index (χ0) is 16.8. The zero-order valence-electron chi connectivity index (χ0n) is 13.1. The minimum Gasteiger partial charge on any atom is -0.444 e. The van der Waals surface area contributed by atoms with Crippen molar-refractivity contribution in [1.29, 1.82) is 0 Å². The third-order valence-corrected chi connectivity index (χ3v) is 3.73. The lowest BCUT2D eigenvalue weighted by atomic mass is 10.1. The number of benzene rings is 2. The summed E-state index contributed by atoms with van der Waals surface area (Å²) in [5.74, 6) is -0.412. The quantitative estimate of drug-likeness (QED) is 0.903. The molecule has 1 saturated heterocycles. The number of rotatable bonds is 4. The van der Waals surface area contributed by atoms with E-state index in [2.05, 4.69) is 10.6 Å². The van der Waals surface area contributed by atoms with Crippen LogP contribution in [-0.2, 0) is 16.1 Å². The van der Waals surface area contributed by atoms with E-state index in [-0.39, 0.29) is 12.7 Å². The molecule has 1 amide bonds. The van der Waals surface area contributed by atoms with Gasteiger partial charge in [0.05, 0.1) is 12.7 Å². The second-order valence-electron chi connectivity index (χ2n) is 5.49. The first kappa shape index (κ1) is 16.4. The third kappa shape index (κ3) is 4.31. The summed E-state index contributed by atoms with van der Waals surface area (Å²) in [7, 11) is 0. The largest absolute Gasteiger partial charge is 0.444 e. The fraction of sp³-hybridized carbons (Fsp3) is 0.278. The molecule has 5 nitrogen and oxygen atoms in total. The predicted molar refractivity (Wildman–Crippen MR) is 88.2 cm³/mol. The predicted octanol–water partition coefficient (Wildman–Crippen LogP) is 3.24. The maximum atomic E-state index is 14.2. The molecule has 1 fully saturated rings. The number of ether oxygens (including phenoxy) is 2. The summed E-state index contributed by atoms with van der Waals surface area (Å²) in [4.78, 5) is 11.8. The zero-order valence-corrected chi connectivity index (χ0v) is 13.1. The van der Waals surface area contributed by atoms with E-state index >= 15 is 0 Å². The van der Waals surface area contributed by atoms with Crippen LogP contribution in [0.15, 0.2) is 48.5 Å². The van der Waals surface area contributed by atoms with Gasteiger partial charge in [-0.15, -0.1) is 0 Å². The van der Waals surface area contributed by atoms with E-state index in [1.54, 1.807) is 12.1 Å². The molecule has 1 atom stereocenters. The summed E-state index contributed by atoms with van der Waals surface area (Å²) in [6.45, 7) is 2.05. The fourth-order valence-corrected chi connectivity index (χ4v) is 2.51. The van der Waals surface area contributed by atoms with E-state index in [0.29, 0.717) is 24.4 Å². The van der Waals surface area contributed by atoms with Crippen LogP contribution in [0.4, 0.5) is 14.9 Å². The summed E-state index contributed by atoms with van der Waals surface area (Å²) >= 11 is 0. The molecular formula is C18H19FN2O3. The first-order valence-corrected chi connectivity index (χ1v) is 7.82. The van der Waals surface area contributed by atoms with Gasteiger partial charge in [0.15, 0.2) is 0 Å². The van der Waals surface area contributed by atoms with Gasteiger partial charge in [0, 0.05) is 24.3 Å². The Morgan fingerprint density at radius 1 is 1.29 bits per heavy atom. The smallest absolute Gasteiger partial charge is 0.411 e. The van der Waals surface area contributed by atoms with Crippen LogP contribution in [0.5, 0.6) is 0 Å². The summed E-state index contributed by atoms with van der Waals surface area (Å²) in [5.41, 5.74) is 1.71.